The predicted octanol–water partition coefficient (Wildman–Crippen LogP) is 0.750. The van der Waals surface area contributed by atoms with Gasteiger partial charge in [-0.05, 0) is 18.2 Å². The Morgan fingerprint density at radius 3 is 2.95 bits per heavy atom. The molecule has 0 saturated carbocycles. The van der Waals surface area contributed by atoms with Gasteiger partial charge in [-0.1, -0.05) is 17.9 Å². The van der Waals surface area contributed by atoms with Gasteiger partial charge in [0, 0.05) is 18.6 Å². The van der Waals surface area contributed by atoms with Crippen molar-refractivity contribution in [1.82, 2.24) is 15.3 Å². The van der Waals surface area contributed by atoms with Crippen molar-refractivity contribution >= 4 is 5.91 Å². The zero-order valence-electron chi connectivity index (χ0n) is 10.7. The highest BCUT2D eigenvalue weighted by atomic mass is 16.2. The third kappa shape index (κ3) is 3.64. The molecule has 5 heteroatoms. The van der Waals surface area contributed by atoms with E-state index in [0.29, 0.717) is 17.7 Å². The van der Waals surface area contributed by atoms with Gasteiger partial charge >= 0.3 is 0 Å². The Balaban J connectivity index is 2.09. The van der Waals surface area contributed by atoms with Gasteiger partial charge in [-0.25, -0.2) is 0 Å². The maximum Gasteiger partial charge on any atom is 0.252 e. The zero-order chi connectivity index (χ0) is 14.2. The van der Waals surface area contributed by atoms with E-state index in [1.54, 1.807) is 12.3 Å². The fourth-order valence-electron chi connectivity index (χ4n) is 1.60. The second-order valence-corrected chi connectivity index (χ2v) is 3.88. The minimum absolute atomic E-state index is 0.250. The first-order chi connectivity index (χ1) is 9.81. The molecule has 1 amide bonds. The monoisotopic (exact) mass is 267 g/mol. The summed E-state index contributed by atoms with van der Waals surface area (Å²) in [4.78, 5) is 20.2. The van der Waals surface area contributed by atoms with Gasteiger partial charge in [0.1, 0.15) is 6.61 Å². The number of nitrogens with zero attached hydrogens (tertiary/aromatic N) is 2. The maximum absolute atomic E-state index is 12.1. The lowest BCUT2D eigenvalue weighted by Crippen LogP contribution is -2.24. The van der Waals surface area contributed by atoms with E-state index in [2.05, 4.69) is 27.1 Å². The van der Waals surface area contributed by atoms with Crippen LogP contribution in [0.5, 0.6) is 0 Å². The van der Waals surface area contributed by atoms with E-state index >= 15 is 0 Å². The van der Waals surface area contributed by atoms with Crippen molar-refractivity contribution in [2.75, 3.05) is 6.61 Å². The average molecular weight is 267 g/mol. The van der Waals surface area contributed by atoms with Crippen molar-refractivity contribution in [2.24, 2.45) is 0 Å². The van der Waals surface area contributed by atoms with E-state index in [1.807, 2.05) is 18.2 Å². The first-order valence-electron chi connectivity index (χ1n) is 6.03. The summed E-state index contributed by atoms with van der Waals surface area (Å²) in [6.07, 6.45) is 4.70. The van der Waals surface area contributed by atoms with E-state index in [-0.39, 0.29) is 12.5 Å². The Labute approximate surface area is 116 Å². The molecule has 0 bridgehead atoms. The third-order valence-corrected chi connectivity index (χ3v) is 2.52. The molecule has 0 atom stereocenters. The molecule has 20 heavy (non-hydrogen) atoms. The largest absolute Gasteiger partial charge is 0.384 e. The van der Waals surface area contributed by atoms with Crippen molar-refractivity contribution in [3.8, 4) is 11.8 Å². The van der Waals surface area contributed by atoms with E-state index < -0.39 is 0 Å². The molecule has 0 aliphatic heterocycles. The summed E-state index contributed by atoms with van der Waals surface area (Å²) in [5.74, 6) is 4.96. The molecule has 0 aliphatic rings. The molecule has 2 aromatic rings. The number of aliphatic hydroxyl groups is 1. The Kier molecular flexibility index (Phi) is 4.81. The van der Waals surface area contributed by atoms with E-state index in [1.165, 1.54) is 12.4 Å². The first kappa shape index (κ1) is 13.7. The van der Waals surface area contributed by atoms with Crippen molar-refractivity contribution in [2.45, 2.75) is 6.54 Å². The van der Waals surface area contributed by atoms with Gasteiger partial charge in [-0.3, -0.25) is 14.8 Å². The molecule has 0 saturated heterocycles. The Morgan fingerprint density at radius 1 is 1.30 bits per heavy atom. The standard InChI is InChI=1S/C15H13N3O2/c19-9-3-4-12-10-16-8-6-14(12)15(20)18-11-13-5-1-2-7-17-13/h1-2,5-8,10,19H,9,11H2,(H,18,20). The predicted molar refractivity (Wildman–Crippen MR) is 73.6 cm³/mol. The number of aromatic nitrogens is 2. The number of hydrogen-bond acceptors (Lipinski definition) is 4. The lowest BCUT2D eigenvalue weighted by molar-refractivity contribution is 0.0950. The number of rotatable bonds is 3. The van der Waals surface area contributed by atoms with Crippen LogP contribution in [0.3, 0.4) is 0 Å². The summed E-state index contributed by atoms with van der Waals surface area (Å²) < 4.78 is 0. The molecule has 2 rings (SSSR count). The van der Waals surface area contributed by atoms with Gasteiger partial charge in [-0.2, -0.15) is 0 Å². The fourth-order valence-corrected chi connectivity index (χ4v) is 1.60. The molecule has 0 unspecified atom stereocenters. The molecular formula is C15H13N3O2. The minimum atomic E-state index is -0.260. The first-order valence-corrected chi connectivity index (χ1v) is 6.03. The van der Waals surface area contributed by atoms with Crippen LogP contribution in [0.4, 0.5) is 0 Å². The molecule has 100 valence electrons. The van der Waals surface area contributed by atoms with Gasteiger partial charge in [0.25, 0.3) is 5.91 Å². The van der Waals surface area contributed by atoms with Gasteiger partial charge in [0.05, 0.1) is 23.4 Å². The number of amides is 1. The topological polar surface area (TPSA) is 75.1 Å². The van der Waals surface area contributed by atoms with Crippen LogP contribution in [0.25, 0.3) is 0 Å². The lowest BCUT2D eigenvalue weighted by Gasteiger charge is -2.06. The Bertz CT molecular complexity index is 645. The number of carbonyl (C=O) groups is 1. The summed E-state index contributed by atoms with van der Waals surface area (Å²) in [6.45, 7) is 0.0821. The van der Waals surface area contributed by atoms with Crippen LogP contribution >= 0.6 is 0 Å². The van der Waals surface area contributed by atoms with Crippen LogP contribution < -0.4 is 5.32 Å². The number of carbonyl (C=O) groups excluding carboxylic acids is 1. The smallest absolute Gasteiger partial charge is 0.252 e. The Hall–Kier alpha value is -2.71. The van der Waals surface area contributed by atoms with Gasteiger partial charge in [-0.15, -0.1) is 0 Å². The van der Waals surface area contributed by atoms with E-state index in [9.17, 15) is 4.79 Å². The molecule has 0 fully saturated rings. The van der Waals surface area contributed by atoms with E-state index in [0.717, 1.165) is 5.69 Å². The van der Waals surface area contributed by atoms with Crippen LogP contribution in [0.15, 0.2) is 42.9 Å². The minimum Gasteiger partial charge on any atom is -0.384 e. The molecule has 2 heterocycles. The molecule has 0 aliphatic carbocycles. The van der Waals surface area contributed by atoms with Crippen molar-refractivity contribution in [3.63, 3.8) is 0 Å². The van der Waals surface area contributed by atoms with Gasteiger partial charge in [0.2, 0.25) is 0 Å². The summed E-state index contributed by atoms with van der Waals surface area (Å²) >= 11 is 0. The molecular weight excluding hydrogens is 254 g/mol. The maximum atomic E-state index is 12.1. The summed E-state index contributed by atoms with van der Waals surface area (Å²) in [5, 5.41) is 11.5. The van der Waals surface area contributed by atoms with Crippen LogP contribution in [-0.2, 0) is 6.54 Å². The highest BCUT2D eigenvalue weighted by molar-refractivity contribution is 5.96. The number of aliphatic hydroxyl groups excluding tert-OH is 1. The van der Waals surface area contributed by atoms with Gasteiger partial charge < -0.3 is 10.4 Å². The molecule has 0 radical (unpaired) electrons. The van der Waals surface area contributed by atoms with Crippen molar-refractivity contribution in [3.05, 3.63) is 59.7 Å². The van der Waals surface area contributed by atoms with Gasteiger partial charge in [0.15, 0.2) is 0 Å². The Morgan fingerprint density at radius 2 is 2.20 bits per heavy atom. The van der Waals surface area contributed by atoms with Crippen molar-refractivity contribution < 1.29 is 9.90 Å². The third-order valence-electron chi connectivity index (χ3n) is 2.52. The fraction of sp³-hybridized carbons (Fsp3) is 0.133. The number of hydrogen-bond donors (Lipinski definition) is 2. The second-order valence-electron chi connectivity index (χ2n) is 3.88. The summed E-state index contributed by atoms with van der Waals surface area (Å²) in [7, 11) is 0. The highest BCUT2D eigenvalue weighted by Crippen LogP contribution is 2.05. The van der Waals surface area contributed by atoms with Crippen LogP contribution in [-0.4, -0.2) is 27.6 Å². The number of nitrogens with one attached hydrogen (secondary N) is 1. The molecule has 5 nitrogen and oxygen atoms in total. The lowest BCUT2D eigenvalue weighted by atomic mass is 10.1. The normalized spacial score (nSPS) is 9.45. The van der Waals surface area contributed by atoms with Crippen molar-refractivity contribution in [1.29, 1.82) is 0 Å². The zero-order valence-corrected chi connectivity index (χ0v) is 10.7. The SMILES string of the molecule is O=C(NCc1ccccn1)c1ccncc1C#CCO. The van der Waals surface area contributed by atoms with Crippen LogP contribution in [0.1, 0.15) is 21.6 Å². The molecule has 2 N–H and O–H groups in total. The summed E-state index contributed by atoms with van der Waals surface area (Å²) in [5.41, 5.74) is 1.69. The summed E-state index contributed by atoms with van der Waals surface area (Å²) in [6, 6.07) is 7.10. The quantitative estimate of drug-likeness (QED) is 0.805. The number of pyridine rings is 2. The molecule has 2 aromatic heterocycles. The second kappa shape index (κ2) is 7.02. The molecule has 0 aromatic carbocycles. The average Bonchev–Trinajstić information content (AvgIpc) is 2.52. The molecule has 0 spiro atoms. The van der Waals surface area contributed by atoms with Crippen LogP contribution in [0, 0.1) is 11.8 Å². The van der Waals surface area contributed by atoms with E-state index in [4.69, 9.17) is 5.11 Å². The van der Waals surface area contributed by atoms with Crippen LogP contribution in [0.2, 0.25) is 0 Å². The highest BCUT2D eigenvalue weighted by Gasteiger charge is 2.09.